The van der Waals surface area contributed by atoms with Crippen molar-refractivity contribution in [3.05, 3.63) is 47.2 Å². The number of esters is 1. The molecule has 0 saturated carbocycles. The lowest BCUT2D eigenvalue weighted by Crippen LogP contribution is -2.46. The van der Waals surface area contributed by atoms with Crippen molar-refractivity contribution in [3.63, 3.8) is 0 Å². The van der Waals surface area contributed by atoms with E-state index in [9.17, 15) is 18.0 Å². The van der Waals surface area contributed by atoms with E-state index in [1.807, 2.05) is 19.1 Å². The molecule has 1 atom stereocenters. The van der Waals surface area contributed by atoms with Crippen LogP contribution in [0.15, 0.2) is 40.4 Å². The largest absolute Gasteiger partial charge is 0.466 e. The Bertz CT molecular complexity index is 966. The molecule has 1 saturated heterocycles. The van der Waals surface area contributed by atoms with Crippen molar-refractivity contribution in [2.45, 2.75) is 26.7 Å². The normalized spacial score (nSPS) is 21.3. The first-order valence-corrected chi connectivity index (χ1v) is 11.0. The van der Waals surface area contributed by atoms with E-state index < -0.39 is 22.0 Å². The van der Waals surface area contributed by atoms with Gasteiger partial charge in [0.25, 0.3) is 5.91 Å². The minimum Gasteiger partial charge on any atom is -0.466 e. The summed E-state index contributed by atoms with van der Waals surface area (Å²) in [5.74, 6) is -1.17. The van der Waals surface area contributed by atoms with Crippen LogP contribution in [0.4, 0.5) is 0 Å². The molecule has 8 nitrogen and oxygen atoms in total. The number of benzene rings is 1. The number of carbonyl (C=O) groups is 2. The van der Waals surface area contributed by atoms with Gasteiger partial charge in [0.15, 0.2) is 0 Å². The van der Waals surface area contributed by atoms with Crippen LogP contribution in [0.3, 0.4) is 0 Å². The molecule has 0 N–H and O–H groups in total. The number of hydrogen-bond donors (Lipinski definition) is 0. The van der Waals surface area contributed by atoms with E-state index in [1.165, 1.54) is 18.0 Å². The quantitative estimate of drug-likeness (QED) is 0.692. The number of ether oxygens (including phenoxy) is 1. The molecule has 2 aliphatic rings. The Kier molecular flexibility index (Phi) is 6.07. The maximum atomic E-state index is 13.2. The molecule has 9 heteroatoms. The van der Waals surface area contributed by atoms with Gasteiger partial charge in [0.05, 0.1) is 18.2 Å². The lowest BCUT2D eigenvalue weighted by molar-refractivity contribution is -0.151. The molecule has 1 aromatic carbocycles. The first-order chi connectivity index (χ1) is 13.7. The minimum atomic E-state index is -4.03. The molecule has 156 valence electrons. The van der Waals surface area contributed by atoms with E-state index in [0.29, 0.717) is 24.9 Å². The first kappa shape index (κ1) is 21.0. The van der Waals surface area contributed by atoms with E-state index >= 15 is 0 Å². The maximum Gasteiger partial charge on any atom is 0.345 e. The van der Waals surface area contributed by atoms with Gasteiger partial charge in [-0.25, -0.2) is 4.31 Å². The van der Waals surface area contributed by atoms with Crippen molar-refractivity contribution >= 4 is 27.8 Å². The van der Waals surface area contributed by atoms with E-state index in [2.05, 4.69) is 4.40 Å². The predicted molar refractivity (Wildman–Crippen MR) is 108 cm³/mol. The van der Waals surface area contributed by atoms with Crippen molar-refractivity contribution in [3.8, 4) is 0 Å². The number of likely N-dealkylation sites (N-methyl/N-ethyl adjacent to an activating group) is 1. The minimum absolute atomic E-state index is 0.0140. The predicted octanol–water partition coefficient (Wildman–Crippen LogP) is 1.66. The number of piperidine rings is 1. The lowest BCUT2D eigenvalue weighted by atomic mass is 9.97. The highest BCUT2D eigenvalue weighted by molar-refractivity contribution is 7.88. The fourth-order valence-electron chi connectivity index (χ4n) is 3.39. The molecule has 1 fully saturated rings. The first-order valence-electron chi connectivity index (χ1n) is 9.56. The van der Waals surface area contributed by atoms with Crippen LogP contribution in [0, 0.1) is 12.8 Å². The molecule has 0 spiro atoms. The molecular weight excluding hydrogens is 394 g/mol. The van der Waals surface area contributed by atoms with Gasteiger partial charge in [-0.05, 0) is 32.8 Å². The Balaban J connectivity index is 1.89. The van der Waals surface area contributed by atoms with Crippen molar-refractivity contribution in [1.82, 2.24) is 9.21 Å². The maximum absolute atomic E-state index is 13.2. The SMILES string of the molecule is CCOC(=O)C1CCCN(C(=O)C2=CC(c3ccc(C)cc3)=NS(=O)(=O)N2C)C1. The van der Waals surface area contributed by atoms with Gasteiger partial charge in [-0.15, -0.1) is 4.40 Å². The van der Waals surface area contributed by atoms with Crippen LogP contribution >= 0.6 is 0 Å². The summed E-state index contributed by atoms with van der Waals surface area (Å²) in [6, 6.07) is 7.25. The highest BCUT2D eigenvalue weighted by atomic mass is 32.2. The van der Waals surface area contributed by atoms with Crippen LogP contribution in [-0.4, -0.2) is 62.0 Å². The van der Waals surface area contributed by atoms with Gasteiger partial charge < -0.3 is 9.64 Å². The molecule has 0 radical (unpaired) electrons. The molecule has 0 aromatic heterocycles. The summed E-state index contributed by atoms with van der Waals surface area (Å²) in [7, 11) is -2.72. The zero-order chi connectivity index (χ0) is 21.2. The second-order valence-electron chi connectivity index (χ2n) is 7.16. The number of aryl methyl sites for hydroxylation is 1. The Labute approximate surface area is 171 Å². The Hall–Kier alpha value is -2.68. The molecule has 1 aromatic rings. The fourth-order valence-corrected chi connectivity index (χ4v) is 4.30. The third-order valence-electron chi connectivity index (χ3n) is 5.07. The molecule has 1 amide bonds. The highest BCUT2D eigenvalue weighted by Crippen LogP contribution is 2.25. The Morgan fingerprint density at radius 1 is 1.24 bits per heavy atom. The van der Waals surface area contributed by atoms with E-state index in [4.69, 9.17) is 4.74 Å². The van der Waals surface area contributed by atoms with Crippen molar-refractivity contribution in [2.24, 2.45) is 10.3 Å². The van der Waals surface area contributed by atoms with Crippen molar-refractivity contribution in [1.29, 1.82) is 0 Å². The molecule has 0 aliphatic carbocycles. The van der Waals surface area contributed by atoms with Crippen LogP contribution in [-0.2, 0) is 24.5 Å². The molecule has 1 unspecified atom stereocenters. The molecular formula is C20H25N3O5S. The zero-order valence-electron chi connectivity index (χ0n) is 16.8. The molecule has 29 heavy (non-hydrogen) atoms. The summed E-state index contributed by atoms with van der Waals surface area (Å²) in [5.41, 5.74) is 1.87. The van der Waals surface area contributed by atoms with Gasteiger partial charge in [-0.1, -0.05) is 29.8 Å². The number of rotatable bonds is 4. The lowest BCUT2D eigenvalue weighted by Gasteiger charge is -2.34. The van der Waals surface area contributed by atoms with Gasteiger partial charge >= 0.3 is 16.2 Å². The van der Waals surface area contributed by atoms with Crippen LogP contribution in [0.25, 0.3) is 0 Å². The third kappa shape index (κ3) is 4.50. The average Bonchev–Trinajstić information content (AvgIpc) is 2.70. The number of amides is 1. The van der Waals surface area contributed by atoms with Crippen molar-refractivity contribution in [2.75, 3.05) is 26.7 Å². The second-order valence-corrected chi connectivity index (χ2v) is 8.79. The summed E-state index contributed by atoms with van der Waals surface area (Å²) in [5, 5.41) is 0. The van der Waals surface area contributed by atoms with Gasteiger partial charge in [0.1, 0.15) is 5.70 Å². The molecule has 2 heterocycles. The summed E-state index contributed by atoms with van der Waals surface area (Å²) >= 11 is 0. The molecule has 0 bridgehead atoms. The highest BCUT2D eigenvalue weighted by Gasteiger charge is 2.35. The Morgan fingerprint density at radius 3 is 2.59 bits per heavy atom. The number of likely N-dealkylation sites (tertiary alicyclic amines) is 1. The Morgan fingerprint density at radius 2 is 1.93 bits per heavy atom. The van der Waals surface area contributed by atoms with Gasteiger partial charge in [-0.2, -0.15) is 8.42 Å². The summed E-state index contributed by atoms with van der Waals surface area (Å²) in [6.07, 6.45) is 2.78. The van der Waals surface area contributed by atoms with Gasteiger partial charge in [-0.3, -0.25) is 9.59 Å². The van der Waals surface area contributed by atoms with E-state index in [-0.39, 0.29) is 30.5 Å². The summed E-state index contributed by atoms with van der Waals surface area (Å²) < 4.78 is 34.9. The van der Waals surface area contributed by atoms with E-state index in [0.717, 1.165) is 9.87 Å². The molecule has 3 rings (SSSR count). The van der Waals surface area contributed by atoms with Crippen LogP contribution in [0.5, 0.6) is 0 Å². The molecule has 2 aliphatic heterocycles. The van der Waals surface area contributed by atoms with E-state index in [1.54, 1.807) is 19.1 Å². The average molecular weight is 420 g/mol. The monoisotopic (exact) mass is 419 g/mol. The van der Waals surface area contributed by atoms with Crippen LogP contribution in [0.2, 0.25) is 0 Å². The number of allylic oxidation sites excluding steroid dienone is 1. The number of nitrogens with zero attached hydrogens (tertiary/aromatic N) is 3. The summed E-state index contributed by atoms with van der Waals surface area (Å²) in [4.78, 5) is 26.7. The second kappa shape index (κ2) is 8.36. The van der Waals surface area contributed by atoms with Crippen LogP contribution in [0.1, 0.15) is 30.9 Å². The van der Waals surface area contributed by atoms with Gasteiger partial charge in [0.2, 0.25) is 0 Å². The zero-order valence-corrected chi connectivity index (χ0v) is 17.6. The fraction of sp³-hybridized carbons (Fsp3) is 0.450. The van der Waals surface area contributed by atoms with Crippen molar-refractivity contribution < 1.29 is 22.7 Å². The van der Waals surface area contributed by atoms with Gasteiger partial charge in [0, 0.05) is 25.7 Å². The number of carbonyl (C=O) groups excluding carboxylic acids is 2. The number of hydrogen-bond acceptors (Lipinski definition) is 5. The topological polar surface area (TPSA) is 96.3 Å². The van der Waals surface area contributed by atoms with Crippen LogP contribution < -0.4 is 0 Å². The standard InChI is InChI=1S/C20H25N3O5S/c1-4-28-20(25)16-6-5-11-23(13-16)19(24)18-12-17(21-29(26,27)22(18)3)15-9-7-14(2)8-10-15/h7-10,12,16H,4-6,11,13H2,1-3H3. The summed E-state index contributed by atoms with van der Waals surface area (Å²) in [6.45, 7) is 4.61. The third-order valence-corrected chi connectivity index (χ3v) is 6.38. The smallest absolute Gasteiger partial charge is 0.345 e.